The number of carbonyl (C=O) groups is 1. The number of hydrogen-bond acceptors (Lipinski definition) is 4. The Labute approximate surface area is 111 Å². The van der Waals surface area contributed by atoms with Gasteiger partial charge >= 0.3 is 0 Å². The van der Waals surface area contributed by atoms with Crippen LogP contribution in [0.2, 0.25) is 0 Å². The van der Waals surface area contributed by atoms with E-state index in [1.807, 2.05) is 31.2 Å². The number of benzene rings is 1. The first-order chi connectivity index (χ1) is 9.29. The lowest BCUT2D eigenvalue weighted by atomic mass is 10.2. The molecule has 0 spiro atoms. The Kier molecular flexibility index (Phi) is 4.44. The van der Waals surface area contributed by atoms with E-state index in [1.165, 1.54) is 18.6 Å². The molecule has 1 heterocycles. The number of hydrogen-bond donors (Lipinski definition) is 1. The number of nitrogens with zero attached hydrogens (tertiary/aromatic N) is 2. The summed E-state index contributed by atoms with van der Waals surface area (Å²) in [6.45, 7) is 3.03. The minimum Gasteiger partial charge on any atom is -0.494 e. The molecule has 0 saturated carbocycles. The van der Waals surface area contributed by atoms with Crippen LogP contribution in [-0.4, -0.2) is 22.5 Å². The third kappa shape index (κ3) is 3.77. The molecular formula is C14H15N3O2. The Bertz CT molecular complexity index is 526. The van der Waals surface area contributed by atoms with Crippen molar-refractivity contribution in [3.63, 3.8) is 0 Å². The molecule has 0 aliphatic heterocycles. The molecule has 5 heteroatoms. The lowest BCUT2D eigenvalue weighted by Crippen LogP contribution is -2.23. The summed E-state index contributed by atoms with van der Waals surface area (Å²) in [4.78, 5) is 19.5. The van der Waals surface area contributed by atoms with Gasteiger partial charge in [0.25, 0.3) is 5.91 Å². The smallest absolute Gasteiger partial charge is 0.271 e. The van der Waals surface area contributed by atoms with Gasteiger partial charge in [-0.1, -0.05) is 12.1 Å². The Hall–Kier alpha value is -2.43. The Morgan fingerprint density at radius 2 is 2.05 bits per heavy atom. The molecule has 19 heavy (non-hydrogen) atoms. The summed E-state index contributed by atoms with van der Waals surface area (Å²) in [5.41, 5.74) is 1.31. The maximum absolute atomic E-state index is 11.7. The second-order valence-electron chi connectivity index (χ2n) is 3.85. The van der Waals surface area contributed by atoms with Gasteiger partial charge in [-0.25, -0.2) is 4.98 Å². The summed E-state index contributed by atoms with van der Waals surface area (Å²) in [5.74, 6) is 0.591. The van der Waals surface area contributed by atoms with Gasteiger partial charge in [-0.2, -0.15) is 0 Å². The average molecular weight is 257 g/mol. The number of nitrogens with one attached hydrogen (secondary N) is 1. The lowest BCUT2D eigenvalue weighted by molar-refractivity contribution is 0.0945. The second kappa shape index (κ2) is 6.49. The summed E-state index contributed by atoms with van der Waals surface area (Å²) in [7, 11) is 0. The van der Waals surface area contributed by atoms with Gasteiger partial charge in [-0.15, -0.1) is 0 Å². The molecule has 1 aromatic heterocycles. The van der Waals surface area contributed by atoms with Gasteiger partial charge in [-0.05, 0) is 24.6 Å². The predicted molar refractivity (Wildman–Crippen MR) is 70.8 cm³/mol. The van der Waals surface area contributed by atoms with Crippen LogP contribution in [0.3, 0.4) is 0 Å². The summed E-state index contributed by atoms with van der Waals surface area (Å²) in [6.07, 6.45) is 4.46. The van der Waals surface area contributed by atoms with E-state index in [4.69, 9.17) is 4.74 Å². The first kappa shape index (κ1) is 13.0. The number of carbonyl (C=O) groups excluding carboxylic acids is 1. The topological polar surface area (TPSA) is 64.1 Å². The van der Waals surface area contributed by atoms with E-state index >= 15 is 0 Å². The Balaban J connectivity index is 1.90. The quantitative estimate of drug-likeness (QED) is 0.887. The van der Waals surface area contributed by atoms with Gasteiger partial charge in [-0.3, -0.25) is 9.78 Å². The van der Waals surface area contributed by atoms with Gasteiger partial charge in [0.2, 0.25) is 0 Å². The molecule has 0 saturated heterocycles. The van der Waals surface area contributed by atoms with Crippen molar-refractivity contribution in [1.82, 2.24) is 15.3 Å². The largest absolute Gasteiger partial charge is 0.494 e. The van der Waals surface area contributed by atoms with Crippen LogP contribution in [0.15, 0.2) is 42.9 Å². The fraction of sp³-hybridized carbons (Fsp3) is 0.214. The van der Waals surface area contributed by atoms with Crippen molar-refractivity contribution in [2.45, 2.75) is 13.5 Å². The normalized spacial score (nSPS) is 9.95. The van der Waals surface area contributed by atoms with Gasteiger partial charge < -0.3 is 10.1 Å². The molecule has 98 valence electrons. The summed E-state index contributed by atoms with van der Waals surface area (Å²) in [6, 6.07) is 7.60. The lowest BCUT2D eigenvalue weighted by Gasteiger charge is -2.06. The third-order valence-corrected chi connectivity index (χ3v) is 2.48. The fourth-order valence-electron chi connectivity index (χ4n) is 1.56. The minimum absolute atomic E-state index is 0.234. The molecule has 1 aromatic carbocycles. The van der Waals surface area contributed by atoms with Gasteiger partial charge in [0.05, 0.1) is 12.8 Å². The van der Waals surface area contributed by atoms with Crippen LogP contribution < -0.4 is 10.1 Å². The average Bonchev–Trinajstić information content (AvgIpc) is 2.47. The zero-order chi connectivity index (χ0) is 13.5. The standard InChI is InChI=1S/C14H15N3O2/c1-2-19-12-5-3-11(4-6-12)9-17-14(18)13-10-15-7-8-16-13/h3-8,10H,2,9H2,1H3,(H,17,18). The van der Waals surface area contributed by atoms with Gasteiger partial charge in [0, 0.05) is 18.9 Å². The SMILES string of the molecule is CCOc1ccc(CNC(=O)c2cnccn2)cc1. The monoisotopic (exact) mass is 257 g/mol. The zero-order valence-electron chi connectivity index (χ0n) is 10.7. The van der Waals surface area contributed by atoms with Crippen LogP contribution >= 0.6 is 0 Å². The second-order valence-corrected chi connectivity index (χ2v) is 3.85. The van der Waals surface area contributed by atoms with Crippen molar-refractivity contribution < 1.29 is 9.53 Å². The maximum atomic E-state index is 11.7. The van der Waals surface area contributed by atoms with Crippen LogP contribution in [0.5, 0.6) is 5.75 Å². The Morgan fingerprint density at radius 1 is 1.26 bits per heavy atom. The van der Waals surface area contributed by atoms with Crippen LogP contribution in [0.25, 0.3) is 0 Å². The van der Waals surface area contributed by atoms with E-state index < -0.39 is 0 Å². The van der Waals surface area contributed by atoms with Gasteiger partial charge in [0.1, 0.15) is 11.4 Å². The van der Waals surface area contributed by atoms with E-state index in [1.54, 1.807) is 0 Å². The first-order valence-electron chi connectivity index (χ1n) is 6.05. The molecule has 1 amide bonds. The molecular weight excluding hydrogens is 242 g/mol. The highest BCUT2D eigenvalue weighted by Crippen LogP contribution is 2.11. The number of amides is 1. The number of ether oxygens (including phenoxy) is 1. The molecule has 0 aliphatic rings. The highest BCUT2D eigenvalue weighted by molar-refractivity contribution is 5.91. The maximum Gasteiger partial charge on any atom is 0.271 e. The first-order valence-corrected chi connectivity index (χ1v) is 6.05. The fourth-order valence-corrected chi connectivity index (χ4v) is 1.56. The van der Waals surface area contributed by atoms with Gasteiger partial charge in [0.15, 0.2) is 0 Å². The van der Waals surface area contributed by atoms with Crippen LogP contribution in [-0.2, 0) is 6.54 Å². The van der Waals surface area contributed by atoms with Crippen LogP contribution in [0.4, 0.5) is 0 Å². The zero-order valence-corrected chi connectivity index (χ0v) is 10.7. The molecule has 2 rings (SSSR count). The highest BCUT2D eigenvalue weighted by Gasteiger charge is 2.06. The summed E-state index contributed by atoms with van der Waals surface area (Å²) in [5, 5.41) is 2.78. The molecule has 0 atom stereocenters. The van der Waals surface area contributed by atoms with Crippen molar-refractivity contribution >= 4 is 5.91 Å². The molecule has 0 bridgehead atoms. The van der Waals surface area contributed by atoms with E-state index in [2.05, 4.69) is 15.3 Å². The molecule has 5 nitrogen and oxygen atoms in total. The van der Waals surface area contributed by atoms with E-state index in [9.17, 15) is 4.79 Å². The van der Waals surface area contributed by atoms with Crippen molar-refractivity contribution in [3.05, 3.63) is 54.1 Å². The molecule has 0 radical (unpaired) electrons. The highest BCUT2D eigenvalue weighted by atomic mass is 16.5. The molecule has 0 aliphatic carbocycles. The van der Waals surface area contributed by atoms with Crippen LogP contribution in [0.1, 0.15) is 23.0 Å². The van der Waals surface area contributed by atoms with Crippen molar-refractivity contribution in [2.75, 3.05) is 6.61 Å². The molecule has 2 aromatic rings. The third-order valence-electron chi connectivity index (χ3n) is 2.48. The van der Waals surface area contributed by atoms with E-state index in [0.717, 1.165) is 11.3 Å². The van der Waals surface area contributed by atoms with Crippen molar-refractivity contribution in [3.8, 4) is 5.75 Å². The molecule has 1 N–H and O–H groups in total. The summed E-state index contributed by atoms with van der Waals surface area (Å²) < 4.78 is 5.35. The van der Waals surface area contributed by atoms with Crippen molar-refractivity contribution in [1.29, 1.82) is 0 Å². The van der Waals surface area contributed by atoms with E-state index in [0.29, 0.717) is 18.8 Å². The van der Waals surface area contributed by atoms with Crippen LogP contribution in [0, 0.1) is 0 Å². The number of aromatic nitrogens is 2. The van der Waals surface area contributed by atoms with Crippen molar-refractivity contribution in [2.24, 2.45) is 0 Å². The minimum atomic E-state index is -0.234. The number of rotatable bonds is 5. The predicted octanol–water partition coefficient (Wildman–Crippen LogP) is 1.81. The molecule has 0 unspecified atom stereocenters. The Morgan fingerprint density at radius 3 is 2.68 bits per heavy atom. The molecule has 0 fully saturated rings. The van der Waals surface area contributed by atoms with E-state index in [-0.39, 0.29) is 5.91 Å². The summed E-state index contributed by atoms with van der Waals surface area (Å²) >= 11 is 0.